The highest BCUT2D eigenvalue weighted by Gasteiger charge is 2.31. The second-order valence-electron chi connectivity index (χ2n) is 7.24. The number of nitrogens with zero attached hydrogens (tertiary/aromatic N) is 2. The number of hydrogen-bond donors (Lipinski definition) is 1. The largest absolute Gasteiger partial charge is 0.467 e. The number of alkyl halides is 3. The summed E-state index contributed by atoms with van der Waals surface area (Å²) in [6.07, 6.45) is -4.11. The van der Waals surface area contributed by atoms with Crippen LogP contribution in [0.5, 0.6) is 0 Å². The van der Waals surface area contributed by atoms with Crippen LogP contribution < -0.4 is 10.2 Å². The standard InChI is InChI=1S/C22H24F3N3O3/c1-31-20(29)19(14-16-6-3-2-4-7-16)26-21(30)28-12-10-27(11-13-28)18-9-5-8-17(15-18)22(23,24)25/h2-9,15,19H,10-14H2,1H3,(H,26,30)/t19-/m1/s1. The van der Waals surface area contributed by atoms with Crippen LogP contribution in [-0.4, -0.2) is 56.2 Å². The lowest BCUT2D eigenvalue weighted by molar-refractivity contribution is -0.143. The number of esters is 1. The summed E-state index contributed by atoms with van der Waals surface area (Å²) in [5.41, 5.74) is 0.644. The SMILES string of the molecule is COC(=O)[C@@H](Cc1ccccc1)NC(=O)N1CCN(c2cccc(C(F)(F)F)c2)CC1. The maximum atomic E-state index is 13.0. The summed E-state index contributed by atoms with van der Waals surface area (Å²) in [6, 6.07) is 13.2. The number of anilines is 1. The normalized spacial score (nSPS) is 15.4. The molecular formula is C22H24F3N3O3. The quantitative estimate of drug-likeness (QED) is 0.732. The van der Waals surface area contributed by atoms with Crippen LogP contribution in [0, 0.1) is 0 Å². The maximum absolute atomic E-state index is 13.0. The van der Waals surface area contributed by atoms with Crippen LogP contribution in [-0.2, 0) is 22.1 Å². The second-order valence-corrected chi connectivity index (χ2v) is 7.24. The smallest absolute Gasteiger partial charge is 0.416 e. The summed E-state index contributed by atoms with van der Waals surface area (Å²) < 4.78 is 43.7. The molecule has 3 rings (SSSR count). The number of nitrogens with one attached hydrogen (secondary N) is 1. The van der Waals surface area contributed by atoms with E-state index in [-0.39, 0.29) is 0 Å². The van der Waals surface area contributed by atoms with Crippen LogP contribution in [0.4, 0.5) is 23.7 Å². The van der Waals surface area contributed by atoms with E-state index in [1.54, 1.807) is 15.9 Å². The van der Waals surface area contributed by atoms with E-state index in [9.17, 15) is 22.8 Å². The average Bonchev–Trinajstić information content (AvgIpc) is 2.78. The van der Waals surface area contributed by atoms with Crippen LogP contribution in [0.3, 0.4) is 0 Å². The fraction of sp³-hybridized carbons (Fsp3) is 0.364. The number of benzene rings is 2. The lowest BCUT2D eigenvalue weighted by Gasteiger charge is -2.36. The summed E-state index contributed by atoms with van der Waals surface area (Å²) in [5.74, 6) is -0.542. The summed E-state index contributed by atoms with van der Waals surface area (Å²) in [4.78, 5) is 28.2. The number of urea groups is 1. The van der Waals surface area contributed by atoms with E-state index in [1.807, 2.05) is 30.3 Å². The van der Waals surface area contributed by atoms with Crippen molar-refractivity contribution in [3.63, 3.8) is 0 Å². The van der Waals surface area contributed by atoms with Crippen LogP contribution in [0.25, 0.3) is 0 Å². The number of rotatable bonds is 5. The first-order valence-electron chi connectivity index (χ1n) is 9.87. The van der Waals surface area contributed by atoms with Gasteiger partial charge in [0.1, 0.15) is 6.04 Å². The average molecular weight is 435 g/mol. The van der Waals surface area contributed by atoms with Gasteiger partial charge in [-0.15, -0.1) is 0 Å². The molecule has 0 aromatic heterocycles. The van der Waals surface area contributed by atoms with E-state index in [1.165, 1.54) is 13.2 Å². The molecule has 1 N–H and O–H groups in total. The number of carbonyl (C=O) groups is 2. The van der Waals surface area contributed by atoms with Crippen molar-refractivity contribution in [1.29, 1.82) is 0 Å². The summed E-state index contributed by atoms with van der Waals surface area (Å²) in [5, 5.41) is 2.71. The zero-order valence-electron chi connectivity index (χ0n) is 17.1. The van der Waals surface area contributed by atoms with Crippen molar-refractivity contribution >= 4 is 17.7 Å². The van der Waals surface area contributed by atoms with Crippen LogP contribution in [0.1, 0.15) is 11.1 Å². The molecule has 1 aliphatic rings. The van der Waals surface area contributed by atoms with Gasteiger partial charge in [0.15, 0.2) is 0 Å². The van der Waals surface area contributed by atoms with Gasteiger partial charge in [-0.3, -0.25) is 0 Å². The first-order chi connectivity index (χ1) is 14.8. The molecule has 2 amide bonds. The highest BCUT2D eigenvalue weighted by atomic mass is 19.4. The van der Waals surface area contributed by atoms with E-state index < -0.39 is 29.8 Å². The Kier molecular flexibility index (Phi) is 7.04. The molecule has 0 radical (unpaired) electrons. The number of piperazine rings is 1. The monoisotopic (exact) mass is 435 g/mol. The van der Waals surface area contributed by atoms with Crippen molar-refractivity contribution in [1.82, 2.24) is 10.2 Å². The van der Waals surface area contributed by atoms with Crippen molar-refractivity contribution < 1.29 is 27.5 Å². The third kappa shape index (κ3) is 5.90. The number of halogens is 3. The van der Waals surface area contributed by atoms with E-state index in [0.717, 1.165) is 17.7 Å². The first kappa shape index (κ1) is 22.5. The molecule has 6 nitrogen and oxygen atoms in total. The lowest BCUT2D eigenvalue weighted by atomic mass is 10.1. The minimum atomic E-state index is -4.40. The molecule has 0 unspecified atom stereocenters. The van der Waals surface area contributed by atoms with Gasteiger partial charge < -0.3 is 19.9 Å². The molecule has 166 valence electrons. The van der Waals surface area contributed by atoms with Crippen molar-refractivity contribution in [2.45, 2.75) is 18.6 Å². The Morgan fingerprint density at radius 3 is 2.32 bits per heavy atom. The topological polar surface area (TPSA) is 61.9 Å². The molecule has 1 atom stereocenters. The fourth-order valence-corrected chi connectivity index (χ4v) is 3.47. The molecule has 31 heavy (non-hydrogen) atoms. The van der Waals surface area contributed by atoms with E-state index in [2.05, 4.69) is 5.32 Å². The second kappa shape index (κ2) is 9.72. The molecule has 1 aliphatic heterocycles. The van der Waals surface area contributed by atoms with Crippen LogP contribution in [0.15, 0.2) is 54.6 Å². The van der Waals surface area contributed by atoms with Gasteiger partial charge in [-0.1, -0.05) is 36.4 Å². The Morgan fingerprint density at radius 2 is 1.71 bits per heavy atom. The predicted octanol–water partition coefficient (Wildman–Crippen LogP) is 3.32. The van der Waals surface area contributed by atoms with Crippen LogP contribution >= 0.6 is 0 Å². The molecule has 0 aliphatic carbocycles. The first-order valence-corrected chi connectivity index (χ1v) is 9.87. The molecule has 0 spiro atoms. The Labute approximate surface area is 178 Å². The minimum absolute atomic E-state index is 0.295. The van der Waals surface area contributed by atoms with Gasteiger partial charge >= 0.3 is 18.2 Å². The van der Waals surface area contributed by atoms with Crippen molar-refractivity contribution in [3.05, 3.63) is 65.7 Å². The number of methoxy groups -OCH3 is 1. The van der Waals surface area contributed by atoms with Gasteiger partial charge in [0.05, 0.1) is 12.7 Å². The highest BCUT2D eigenvalue weighted by molar-refractivity contribution is 5.84. The van der Waals surface area contributed by atoms with Crippen molar-refractivity contribution in [2.75, 3.05) is 38.2 Å². The Morgan fingerprint density at radius 1 is 1.03 bits per heavy atom. The molecule has 2 aromatic carbocycles. The summed E-state index contributed by atoms with van der Waals surface area (Å²) in [7, 11) is 1.26. The Balaban J connectivity index is 1.59. The maximum Gasteiger partial charge on any atom is 0.416 e. The molecule has 1 fully saturated rings. The number of amides is 2. The molecule has 1 saturated heterocycles. The van der Waals surface area contributed by atoms with E-state index in [0.29, 0.717) is 38.3 Å². The summed E-state index contributed by atoms with van der Waals surface area (Å²) >= 11 is 0. The molecule has 1 heterocycles. The van der Waals surface area contributed by atoms with Crippen molar-refractivity contribution in [3.8, 4) is 0 Å². The Bertz CT molecular complexity index is 898. The zero-order valence-corrected chi connectivity index (χ0v) is 17.1. The van der Waals surface area contributed by atoms with Gasteiger partial charge in [-0.25, -0.2) is 9.59 Å². The van der Waals surface area contributed by atoms with Crippen LogP contribution in [0.2, 0.25) is 0 Å². The van der Waals surface area contributed by atoms with Gasteiger partial charge in [-0.2, -0.15) is 13.2 Å². The third-order valence-corrected chi connectivity index (χ3v) is 5.17. The van der Waals surface area contributed by atoms with Crippen molar-refractivity contribution in [2.24, 2.45) is 0 Å². The van der Waals surface area contributed by atoms with E-state index in [4.69, 9.17) is 4.74 Å². The minimum Gasteiger partial charge on any atom is -0.467 e. The van der Waals surface area contributed by atoms with E-state index >= 15 is 0 Å². The van der Waals surface area contributed by atoms with Gasteiger partial charge in [-0.05, 0) is 23.8 Å². The van der Waals surface area contributed by atoms with Gasteiger partial charge in [0, 0.05) is 38.3 Å². The lowest BCUT2D eigenvalue weighted by Crippen LogP contribution is -2.55. The predicted molar refractivity (Wildman–Crippen MR) is 110 cm³/mol. The molecule has 2 aromatic rings. The molecule has 0 bridgehead atoms. The van der Waals surface area contributed by atoms with Gasteiger partial charge in [0.25, 0.3) is 0 Å². The fourth-order valence-electron chi connectivity index (χ4n) is 3.47. The van der Waals surface area contributed by atoms with Gasteiger partial charge in [0.2, 0.25) is 0 Å². The summed E-state index contributed by atoms with van der Waals surface area (Å²) in [6.45, 7) is 1.41. The third-order valence-electron chi connectivity index (χ3n) is 5.17. The number of carbonyl (C=O) groups excluding carboxylic acids is 2. The Hall–Kier alpha value is -3.23. The number of ether oxygens (including phenoxy) is 1. The number of hydrogen-bond acceptors (Lipinski definition) is 4. The molecule has 0 saturated carbocycles. The molecular weight excluding hydrogens is 411 g/mol. The highest BCUT2D eigenvalue weighted by Crippen LogP contribution is 2.31. The molecule has 9 heteroatoms. The zero-order chi connectivity index (χ0) is 22.4.